The Morgan fingerprint density at radius 2 is 1.94 bits per heavy atom. The highest BCUT2D eigenvalue weighted by atomic mass is 16.5. The summed E-state index contributed by atoms with van der Waals surface area (Å²) >= 11 is 0. The summed E-state index contributed by atoms with van der Waals surface area (Å²) in [5, 5.41) is 8.90. The smallest absolute Gasteiger partial charge is 0.308 e. The first-order valence-corrected chi connectivity index (χ1v) is 5.71. The van der Waals surface area contributed by atoms with Gasteiger partial charge in [-0.2, -0.15) is 0 Å². The molecule has 4 nitrogen and oxygen atoms in total. The zero-order chi connectivity index (χ0) is 12.8. The lowest BCUT2D eigenvalue weighted by atomic mass is 10.00. The first kappa shape index (κ1) is 13.5. The molecule has 4 heteroatoms. The van der Waals surface area contributed by atoms with Crippen LogP contribution in [0.4, 0.5) is 0 Å². The Morgan fingerprint density at radius 1 is 1.35 bits per heavy atom. The Hall–Kier alpha value is -1.55. The molecule has 0 radical (unpaired) electrons. The van der Waals surface area contributed by atoms with E-state index in [-0.39, 0.29) is 12.6 Å². The fraction of sp³-hybridized carbons (Fsp3) is 0.462. The molecule has 94 valence electrons. The molecule has 1 aromatic carbocycles. The zero-order valence-electron chi connectivity index (χ0n) is 10.2. The first-order valence-electron chi connectivity index (χ1n) is 5.71. The van der Waals surface area contributed by atoms with E-state index in [4.69, 9.17) is 15.6 Å². The van der Waals surface area contributed by atoms with Crippen LogP contribution in [0.5, 0.6) is 5.75 Å². The molecule has 0 saturated heterocycles. The fourth-order valence-corrected chi connectivity index (χ4v) is 1.53. The van der Waals surface area contributed by atoms with Crippen LogP contribution in [0, 0.1) is 5.92 Å². The molecule has 0 aliphatic heterocycles. The normalized spacial score (nSPS) is 12.5. The number of carboxylic acids is 1. The molecule has 0 heterocycles. The van der Waals surface area contributed by atoms with Crippen molar-refractivity contribution in [1.82, 2.24) is 0 Å². The molecule has 0 amide bonds. The van der Waals surface area contributed by atoms with E-state index in [1.54, 1.807) is 0 Å². The van der Waals surface area contributed by atoms with E-state index in [1.165, 1.54) is 0 Å². The second-order valence-corrected chi connectivity index (χ2v) is 4.29. The Kier molecular flexibility index (Phi) is 4.97. The van der Waals surface area contributed by atoms with Gasteiger partial charge in [0.2, 0.25) is 0 Å². The highest BCUT2D eigenvalue weighted by Crippen LogP contribution is 2.16. The van der Waals surface area contributed by atoms with Gasteiger partial charge in [0.1, 0.15) is 5.75 Å². The second-order valence-electron chi connectivity index (χ2n) is 4.29. The van der Waals surface area contributed by atoms with Crippen molar-refractivity contribution in [2.75, 3.05) is 6.54 Å². The third-order valence-electron chi connectivity index (χ3n) is 2.41. The van der Waals surface area contributed by atoms with Gasteiger partial charge in [-0.25, -0.2) is 0 Å². The van der Waals surface area contributed by atoms with Crippen molar-refractivity contribution in [2.45, 2.75) is 26.4 Å². The third-order valence-corrected chi connectivity index (χ3v) is 2.41. The molecule has 17 heavy (non-hydrogen) atoms. The Labute approximate surface area is 101 Å². The summed E-state index contributed by atoms with van der Waals surface area (Å²) in [6.07, 6.45) is 0.588. The highest BCUT2D eigenvalue weighted by molar-refractivity contribution is 5.70. The van der Waals surface area contributed by atoms with Crippen LogP contribution in [-0.4, -0.2) is 23.7 Å². The van der Waals surface area contributed by atoms with Gasteiger partial charge in [-0.15, -0.1) is 0 Å². The lowest BCUT2D eigenvalue weighted by molar-refractivity contribution is -0.141. The van der Waals surface area contributed by atoms with E-state index in [0.717, 1.165) is 11.3 Å². The Morgan fingerprint density at radius 3 is 2.35 bits per heavy atom. The number of ether oxygens (including phenoxy) is 1. The quantitative estimate of drug-likeness (QED) is 0.789. The lowest BCUT2D eigenvalue weighted by Crippen LogP contribution is -2.25. The van der Waals surface area contributed by atoms with Crippen LogP contribution in [0.3, 0.4) is 0 Å². The molecule has 0 aliphatic carbocycles. The summed E-state index contributed by atoms with van der Waals surface area (Å²) in [4.78, 5) is 10.8. The summed E-state index contributed by atoms with van der Waals surface area (Å²) in [6, 6.07) is 7.46. The molecule has 0 fully saturated rings. The van der Waals surface area contributed by atoms with E-state index in [9.17, 15) is 4.79 Å². The zero-order valence-corrected chi connectivity index (χ0v) is 10.2. The molecule has 1 aromatic rings. The summed E-state index contributed by atoms with van der Waals surface area (Å²) in [5.74, 6) is -0.578. The van der Waals surface area contributed by atoms with Gasteiger partial charge in [-0.3, -0.25) is 4.79 Å². The molecule has 1 atom stereocenters. The molecule has 0 aliphatic rings. The van der Waals surface area contributed by atoms with Gasteiger partial charge < -0.3 is 15.6 Å². The van der Waals surface area contributed by atoms with Crippen molar-refractivity contribution in [3.8, 4) is 5.75 Å². The first-order chi connectivity index (χ1) is 8.02. The van der Waals surface area contributed by atoms with E-state index >= 15 is 0 Å². The van der Waals surface area contributed by atoms with Crippen molar-refractivity contribution >= 4 is 5.97 Å². The average Bonchev–Trinajstić information content (AvgIpc) is 2.26. The van der Waals surface area contributed by atoms with Crippen molar-refractivity contribution in [3.63, 3.8) is 0 Å². The molecule has 0 spiro atoms. The van der Waals surface area contributed by atoms with Gasteiger partial charge >= 0.3 is 5.97 Å². The topological polar surface area (TPSA) is 72.5 Å². The number of hydrogen-bond acceptors (Lipinski definition) is 3. The van der Waals surface area contributed by atoms with Gasteiger partial charge in [-0.1, -0.05) is 12.1 Å². The standard InChI is InChI=1S/C13H19NO3/c1-9(2)17-12-5-3-10(4-6-12)7-11(8-14)13(15)16/h3-6,9,11H,7-8,14H2,1-2H3,(H,15,16). The number of benzene rings is 1. The van der Waals surface area contributed by atoms with E-state index in [1.807, 2.05) is 38.1 Å². The van der Waals surface area contributed by atoms with Crippen LogP contribution >= 0.6 is 0 Å². The van der Waals surface area contributed by atoms with Crippen LogP contribution in [0.2, 0.25) is 0 Å². The van der Waals surface area contributed by atoms with Crippen molar-refractivity contribution in [1.29, 1.82) is 0 Å². The van der Waals surface area contributed by atoms with E-state index in [2.05, 4.69) is 0 Å². The minimum Gasteiger partial charge on any atom is -0.491 e. The van der Waals surface area contributed by atoms with E-state index in [0.29, 0.717) is 6.42 Å². The Balaban J connectivity index is 2.64. The molecule has 1 unspecified atom stereocenters. The van der Waals surface area contributed by atoms with Crippen molar-refractivity contribution in [3.05, 3.63) is 29.8 Å². The van der Waals surface area contributed by atoms with Gasteiger partial charge in [0.05, 0.1) is 12.0 Å². The van der Waals surface area contributed by atoms with Crippen molar-refractivity contribution in [2.24, 2.45) is 11.7 Å². The molecule has 0 aromatic heterocycles. The van der Waals surface area contributed by atoms with Gasteiger partial charge in [-0.05, 0) is 38.0 Å². The second kappa shape index (κ2) is 6.25. The molecule has 3 N–H and O–H groups in total. The molecule has 0 bridgehead atoms. The number of rotatable bonds is 6. The maximum absolute atomic E-state index is 10.8. The molecule has 1 rings (SSSR count). The van der Waals surface area contributed by atoms with Crippen LogP contribution < -0.4 is 10.5 Å². The summed E-state index contributed by atoms with van der Waals surface area (Å²) in [5.41, 5.74) is 6.37. The van der Waals surface area contributed by atoms with Crippen molar-refractivity contribution < 1.29 is 14.6 Å². The van der Waals surface area contributed by atoms with E-state index < -0.39 is 11.9 Å². The number of nitrogens with two attached hydrogens (primary N) is 1. The third kappa shape index (κ3) is 4.44. The molecule has 0 saturated carbocycles. The van der Waals surface area contributed by atoms with Crippen LogP contribution in [-0.2, 0) is 11.2 Å². The summed E-state index contributed by atoms with van der Waals surface area (Å²) in [6.45, 7) is 4.07. The van der Waals surface area contributed by atoms with Gasteiger partial charge in [0.25, 0.3) is 0 Å². The van der Waals surface area contributed by atoms with Crippen LogP contribution in [0.25, 0.3) is 0 Å². The summed E-state index contributed by atoms with van der Waals surface area (Å²) in [7, 11) is 0. The fourth-order valence-electron chi connectivity index (χ4n) is 1.53. The van der Waals surface area contributed by atoms with Crippen LogP contribution in [0.1, 0.15) is 19.4 Å². The monoisotopic (exact) mass is 237 g/mol. The van der Waals surface area contributed by atoms with Gasteiger partial charge in [0.15, 0.2) is 0 Å². The number of hydrogen-bond donors (Lipinski definition) is 2. The predicted octanol–water partition coefficient (Wildman–Crippen LogP) is 1.68. The minimum absolute atomic E-state index is 0.136. The van der Waals surface area contributed by atoms with Crippen LogP contribution in [0.15, 0.2) is 24.3 Å². The predicted molar refractivity (Wildman–Crippen MR) is 66.1 cm³/mol. The summed E-state index contributed by atoms with van der Waals surface area (Å²) < 4.78 is 5.51. The minimum atomic E-state index is -0.852. The molecular formula is C13H19NO3. The number of aliphatic carboxylic acids is 1. The number of carbonyl (C=O) groups is 1. The number of carboxylic acid groups (broad SMARTS) is 1. The average molecular weight is 237 g/mol. The Bertz CT molecular complexity index is 359. The maximum Gasteiger partial charge on any atom is 0.308 e. The van der Waals surface area contributed by atoms with Gasteiger partial charge in [0, 0.05) is 6.54 Å². The lowest BCUT2D eigenvalue weighted by Gasteiger charge is -2.12. The highest BCUT2D eigenvalue weighted by Gasteiger charge is 2.15. The SMILES string of the molecule is CC(C)Oc1ccc(CC(CN)C(=O)O)cc1. The maximum atomic E-state index is 10.8. The largest absolute Gasteiger partial charge is 0.491 e. The molecular weight excluding hydrogens is 218 g/mol.